The Bertz CT molecular complexity index is 98.9. The van der Waals surface area contributed by atoms with Crippen molar-refractivity contribution in [2.45, 2.75) is 51.2 Å². The van der Waals surface area contributed by atoms with E-state index in [1.165, 1.54) is 19.3 Å². The van der Waals surface area contributed by atoms with Crippen molar-refractivity contribution < 1.29 is 0 Å². The molecule has 60 valence electrons. The zero-order valence-corrected chi connectivity index (χ0v) is 8.72. The largest absolute Gasteiger partial charge is 0.0720 e. The van der Waals surface area contributed by atoms with Gasteiger partial charge in [-0.2, -0.15) is 0 Å². The second-order valence-electron chi connectivity index (χ2n) is 4.17. The maximum Gasteiger partial charge on any atom is 0.0340 e. The van der Waals surface area contributed by atoms with E-state index in [-0.39, 0.29) is 8.80 Å². The topological polar surface area (TPSA) is 0 Å². The van der Waals surface area contributed by atoms with E-state index in [9.17, 15) is 0 Å². The summed E-state index contributed by atoms with van der Waals surface area (Å²) in [6, 6.07) is 0. The Hall–Kier alpha value is 0.217. The molecule has 0 aliphatic heterocycles. The molecule has 1 fully saturated rings. The second-order valence-corrected chi connectivity index (χ2v) is 7.51. The van der Waals surface area contributed by atoms with Crippen LogP contribution in [0.4, 0.5) is 0 Å². The van der Waals surface area contributed by atoms with Gasteiger partial charge in [0, 0.05) is 8.80 Å². The number of hydrogen-bond donors (Lipinski definition) is 0. The molecular weight excluding hydrogens is 136 g/mol. The average Bonchev–Trinajstić information content (AvgIpc) is 1.88. The van der Waals surface area contributed by atoms with E-state index in [4.69, 9.17) is 0 Å². The minimum Gasteiger partial charge on any atom is -0.0720 e. The predicted octanol–water partition coefficient (Wildman–Crippen LogP) is 3.05. The highest BCUT2D eigenvalue weighted by atomic mass is 28.3. The summed E-state index contributed by atoms with van der Waals surface area (Å²) < 4.78 is 0. The van der Waals surface area contributed by atoms with E-state index in [0.717, 1.165) is 11.5 Å². The van der Waals surface area contributed by atoms with Crippen LogP contribution in [0.2, 0.25) is 18.6 Å². The average molecular weight is 156 g/mol. The normalized spacial score (nSPS) is 34.8. The minimum atomic E-state index is -0.310. The Balaban J connectivity index is 2.40. The van der Waals surface area contributed by atoms with Gasteiger partial charge >= 0.3 is 0 Å². The Labute approximate surface area is 66.6 Å². The lowest BCUT2D eigenvalue weighted by Gasteiger charge is -2.31. The van der Waals surface area contributed by atoms with Crippen molar-refractivity contribution in [3.63, 3.8) is 0 Å². The smallest absolute Gasteiger partial charge is 0.0340 e. The van der Waals surface area contributed by atoms with Crippen molar-refractivity contribution in [3.05, 3.63) is 0 Å². The van der Waals surface area contributed by atoms with Gasteiger partial charge in [-0.3, -0.25) is 0 Å². The second kappa shape index (κ2) is 3.56. The molecule has 0 amide bonds. The molecule has 0 nitrogen and oxygen atoms in total. The van der Waals surface area contributed by atoms with Gasteiger partial charge in [0.15, 0.2) is 0 Å². The van der Waals surface area contributed by atoms with Crippen molar-refractivity contribution in [1.82, 2.24) is 0 Å². The molecule has 1 aliphatic rings. The zero-order valence-electron chi connectivity index (χ0n) is 7.56. The van der Waals surface area contributed by atoms with Crippen molar-refractivity contribution in [2.75, 3.05) is 0 Å². The van der Waals surface area contributed by atoms with Crippen LogP contribution >= 0.6 is 0 Å². The maximum atomic E-state index is 2.51. The van der Waals surface area contributed by atoms with Crippen LogP contribution in [0.1, 0.15) is 32.6 Å². The van der Waals surface area contributed by atoms with Gasteiger partial charge in [-0.1, -0.05) is 45.7 Å². The molecule has 1 rings (SSSR count). The van der Waals surface area contributed by atoms with Gasteiger partial charge in [-0.05, 0) is 11.5 Å². The van der Waals surface area contributed by atoms with Gasteiger partial charge < -0.3 is 0 Å². The van der Waals surface area contributed by atoms with Crippen molar-refractivity contribution >= 4 is 8.80 Å². The third kappa shape index (κ3) is 1.85. The molecule has 0 N–H and O–H groups in total. The standard InChI is InChI=1S/C9H20Si/c1-8-6-4-5-7-9(8)10(2)3/h8-10H,4-7H2,1-3H3. The maximum absolute atomic E-state index is 2.51. The zero-order chi connectivity index (χ0) is 7.56. The van der Waals surface area contributed by atoms with E-state index in [0.29, 0.717) is 0 Å². The summed E-state index contributed by atoms with van der Waals surface area (Å²) in [6.07, 6.45) is 6.07. The molecule has 2 atom stereocenters. The Morgan fingerprint density at radius 3 is 2.10 bits per heavy atom. The monoisotopic (exact) mass is 156 g/mol. The summed E-state index contributed by atoms with van der Waals surface area (Å²) in [5.74, 6) is 1.06. The fourth-order valence-electron chi connectivity index (χ4n) is 2.34. The van der Waals surface area contributed by atoms with Crippen LogP contribution in [0, 0.1) is 5.92 Å². The highest BCUT2D eigenvalue weighted by Crippen LogP contribution is 2.36. The molecular formula is C9H20Si. The van der Waals surface area contributed by atoms with Crippen molar-refractivity contribution in [3.8, 4) is 0 Å². The summed E-state index contributed by atoms with van der Waals surface area (Å²) in [5.41, 5.74) is 1.16. The molecule has 1 aliphatic carbocycles. The number of hydrogen-bond acceptors (Lipinski definition) is 0. The van der Waals surface area contributed by atoms with E-state index >= 15 is 0 Å². The predicted molar refractivity (Wildman–Crippen MR) is 50.3 cm³/mol. The first-order valence-electron chi connectivity index (χ1n) is 4.72. The third-order valence-electron chi connectivity index (χ3n) is 3.03. The van der Waals surface area contributed by atoms with Gasteiger partial charge in [0.1, 0.15) is 0 Å². The van der Waals surface area contributed by atoms with Gasteiger partial charge in [-0.15, -0.1) is 0 Å². The Morgan fingerprint density at radius 1 is 1.10 bits per heavy atom. The van der Waals surface area contributed by atoms with E-state index in [1.54, 1.807) is 6.42 Å². The minimum absolute atomic E-state index is 0.310. The molecule has 0 spiro atoms. The lowest BCUT2D eigenvalue weighted by molar-refractivity contribution is 0.380. The Kier molecular flexibility index (Phi) is 2.96. The van der Waals surface area contributed by atoms with Crippen molar-refractivity contribution in [2.24, 2.45) is 5.92 Å². The van der Waals surface area contributed by atoms with Crippen LogP contribution in [0.15, 0.2) is 0 Å². The number of rotatable bonds is 1. The molecule has 2 unspecified atom stereocenters. The Morgan fingerprint density at radius 2 is 1.70 bits per heavy atom. The molecule has 0 aromatic heterocycles. The summed E-state index contributed by atoms with van der Waals surface area (Å²) in [6.45, 7) is 7.47. The summed E-state index contributed by atoms with van der Waals surface area (Å²) in [4.78, 5) is 0. The van der Waals surface area contributed by atoms with Crippen LogP contribution in [-0.2, 0) is 0 Å². The first-order chi connectivity index (χ1) is 4.72. The molecule has 0 aromatic rings. The van der Waals surface area contributed by atoms with Gasteiger partial charge in [0.05, 0.1) is 0 Å². The van der Waals surface area contributed by atoms with E-state index < -0.39 is 0 Å². The quantitative estimate of drug-likeness (QED) is 0.512. The highest BCUT2D eigenvalue weighted by molar-refractivity contribution is 6.57. The first-order valence-corrected chi connectivity index (χ1v) is 7.69. The molecule has 10 heavy (non-hydrogen) atoms. The molecule has 0 radical (unpaired) electrons. The first kappa shape index (κ1) is 8.31. The highest BCUT2D eigenvalue weighted by Gasteiger charge is 2.23. The summed E-state index contributed by atoms with van der Waals surface area (Å²) in [7, 11) is -0.310. The van der Waals surface area contributed by atoms with Crippen LogP contribution in [0.25, 0.3) is 0 Å². The molecule has 0 aromatic carbocycles. The summed E-state index contributed by atoms with van der Waals surface area (Å²) >= 11 is 0. The van der Waals surface area contributed by atoms with E-state index in [2.05, 4.69) is 20.0 Å². The lowest BCUT2D eigenvalue weighted by Crippen LogP contribution is -2.22. The fourth-order valence-corrected chi connectivity index (χ4v) is 4.74. The molecule has 0 bridgehead atoms. The molecule has 0 heterocycles. The van der Waals surface area contributed by atoms with Crippen LogP contribution in [0.3, 0.4) is 0 Å². The fraction of sp³-hybridized carbons (Fsp3) is 1.00. The van der Waals surface area contributed by atoms with Crippen LogP contribution in [-0.4, -0.2) is 8.80 Å². The molecule has 1 saturated carbocycles. The molecule has 0 saturated heterocycles. The summed E-state index contributed by atoms with van der Waals surface area (Å²) in [5, 5.41) is 0. The van der Waals surface area contributed by atoms with Crippen LogP contribution < -0.4 is 0 Å². The van der Waals surface area contributed by atoms with Gasteiger partial charge in [0.2, 0.25) is 0 Å². The SMILES string of the molecule is CC1CCCCC1[SiH](C)C. The van der Waals surface area contributed by atoms with E-state index in [1.807, 2.05) is 0 Å². The third-order valence-corrected chi connectivity index (χ3v) is 5.74. The van der Waals surface area contributed by atoms with Gasteiger partial charge in [0.25, 0.3) is 0 Å². The lowest BCUT2D eigenvalue weighted by atomic mass is 9.90. The van der Waals surface area contributed by atoms with Crippen LogP contribution in [0.5, 0.6) is 0 Å². The molecule has 1 heteroatoms. The van der Waals surface area contributed by atoms with Gasteiger partial charge in [-0.25, -0.2) is 0 Å². The van der Waals surface area contributed by atoms with Crippen molar-refractivity contribution in [1.29, 1.82) is 0 Å².